The van der Waals surface area contributed by atoms with E-state index in [0.717, 1.165) is 54.3 Å². The predicted molar refractivity (Wildman–Crippen MR) is 144 cm³/mol. The third kappa shape index (κ3) is 7.74. The van der Waals surface area contributed by atoms with Gasteiger partial charge in [-0.15, -0.1) is 24.0 Å². The maximum Gasteiger partial charge on any atom is 0.191 e. The van der Waals surface area contributed by atoms with Gasteiger partial charge in [0.25, 0.3) is 0 Å². The highest BCUT2D eigenvalue weighted by Crippen LogP contribution is 2.30. The second kappa shape index (κ2) is 12.4. The quantitative estimate of drug-likeness (QED) is 0.287. The number of anilines is 1. The molecule has 1 aromatic carbocycles. The second-order valence-corrected chi connectivity index (χ2v) is 8.83. The molecule has 1 aliphatic heterocycles. The number of hydrogen-bond acceptors (Lipinski definition) is 5. The van der Waals surface area contributed by atoms with E-state index in [-0.39, 0.29) is 36.2 Å². The van der Waals surface area contributed by atoms with Gasteiger partial charge in [-0.2, -0.15) is 0 Å². The number of benzene rings is 1. The fraction of sp³-hybridized carbons (Fsp3) is 0.520. The average Bonchev–Trinajstić information content (AvgIpc) is 3.63. The van der Waals surface area contributed by atoms with Gasteiger partial charge in [0, 0.05) is 45.0 Å². The molecule has 7 nitrogen and oxygen atoms in total. The summed E-state index contributed by atoms with van der Waals surface area (Å²) >= 11 is 0. The minimum absolute atomic E-state index is 0. The van der Waals surface area contributed by atoms with Gasteiger partial charge in [0.1, 0.15) is 11.6 Å². The van der Waals surface area contributed by atoms with Crippen LogP contribution in [-0.2, 0) is 17.8 Å². The van der Waals surface area contributed by atoms with Gasteiger partial charge in [-0.05, 0) is 50.3 Å². The molecule has 1 saturated heterocycles. The largest absolute Gasteiger partial charge is 0.493 e. The van der Waals surface area contributed by atoms with Crippen molar-refractivity contribution in [3.63, 3.8) is 0 Å². The van der Waals surface area contributed by atoms with Crippen molar-refractivity contribution < 1.29 is 9.47 Å². The molecule has 8 heteroatoms. The van der Waals surface area contributed by atoms with E-state index in [0.29, 0.717) is 13.1 Å². The Morgan fingerprint density at radius 3 is 2.48 bits per heavy atom. The van der Waals surface area contributed by atoms with Crippen molar-refractivity contribution in [3.8, 4) is 5.75 Å². The van der Waals surface area contributed by atoms with E-state index in [4.69, 9.17) is 9.47 Å². The van der Waals surface area contributed by atoms with Crippen molar-refractivity contribution in [2.24, 2.45) is 10.9 Å². The number of nitrogens with one attached hydrogen (secondary N) is 2. The molecule has 1 aromatic heterocycles. The van der Waals surface area contributed by atoms with Gasteiger partial charge in [-0.1, -0.05) is 24.3 Å². The molecule has 0 radical (unpaired) electrons. The molecule has 2 unspecified atom stereocenters. The van der Waals surface area contributed by atoms with Gasteiger partial charge in [-0.3, -0.25) is 4.99 Å². The number of para-hydroxylation sites is 1. The average molecular weight is 566 g/mol. The van der Waals surface area contributed by atoms with Crippen LogP contribution < -0.4 is 20.3 Å². The highest BCUT2D eigenvalue weighted by Gasteiger charge is 2.23. The first-order valence-electron chi connectivity index (χ1n) is 11.6. The van der Waals surface area contributed by atoms with Crippen LogP contribution in [0, 0.1) is 5.92 Å². The third-order valence-electron chi connectivity index (χ3n) is 5.83. The van der Waals surface area contributed by atoms with Crippen molar-refractivity contribution in [3.05, 3.63) is 53.7 Å². The van der Waals surface area contributed by atoms with Crippen LogP contribution in [0.25, 0.3) is 0 Å². The molecule has 2 N–H and O–H groups in total. The number of aliphatic imine (C=N–C) groups is 1. The molecule has 0 spiro atoms. The van der Waals surface area contributed by atoms with Gasteiger partial charge in [0.15, 0.2) is 5.96 Å². The van der Waals surface area contributed by atoms with Gasteiger partial charge < -0.3 is 25.0 Å². The molecular weight excluding hydrogens is 529 g/mol. The van der Waals surface area contributed by atoms with Crippen molar-refractivity contribution in [1.82, 2.24) is 15.6 Å². The highest BCUT2D eigenvalue weighted by atomic mass is 127. The van der Waals surface area contributed by atoms with Crippen LogP contribution in [0.15, 0.2) is 47.6 Å². The van der Waals surface area contributed by atoms with E-state index in [1.807, 2.05) is 24.4 Å². The van der Waals surface area contributed by atoms with Gasteiger partial charge in [-0.25, -0.2) is 4.98 Å². The normalized spacial score (nSPS) is 20.7. The highest BCUT2D eigenvalue weighted by molar-refractivity contribution is 14.0. The first-order valence-corrected chi connectivity index (χ1v) is 11.6. The van der Waals surface area contributed by atoms with E-state index >= 15 is 0 Å². The molecule has 2 heterocycles. The Kier molecular flexibility index (Phi) is 9.61. The minimum atomic E-state index is 0. The van der Waals surface area contributed by atoms with E-state index in [1.54, 1.807) is 7.05 Å². The van der Waals surface area contributed by atoms with Crippen molar-refractivity contribution >= 4 is 35.8 Å². The zero-order valence-electron chi connectivity index (χ0n) is 19.8. The molecule has 2 atom stereocenters. The first-order chi connectivity index (χ1) is 15.6. The van der Waals surface area contributed by atoms with E-state index < -0.39 is 0 Å². The first kappa shape index (κ1) is 25.6. The predicted octanol–water partition coefficient (Wildman–Crippen LogP) is 3.97. The van der Waals surface area contributed by atoms with Crippen LogP contribution in [0.3, 0.4) is 0 Å². The fourth-order valence-electron chi connectivity index (χ4n) is 3.94. The maximum atomic E-state index is 6.01. The van der Waals surface area contributed by atoms with E-state index in [9.17, 15) is 0 Å². The molecule has 1 saturated carbocycles. The van der Waals surface area contributed by atoms with Gasteiger partial charge in [0.05, 0.1) is 18.8 Å². The Labute approximate surface area is 214 Å². The zero-order valence-corrected chi connectivity index (χ0v) is 22.1. The molecule has 2 fully saturated rings. The lowest BCUT2D eigenvalue weighted by molar-refractivity contribution is -0.00545. The van der Waals surface area contributed by atoms with Crippen molar-refractivity contribution in [2.45, 2.75) is 52.0 Å². The van der Waals surface area contributed by atoms with E-state index in [1.165, 1.54) is 12.8 Å². The Hall–Kier alpha value is -2.07. The zero-order chi connectivity index (χ0) is 22.3. The summed E-state index contributed by atoms with van der Waals surface area (Å²) in [4.78, 5) is 11.3. The number of nitrogens with zero attached hydrogens (tertiary/aromatic N) is 3. The SMILES string of the molecule is CN=C(NCc1ccc(N2CC(C)OC(C)C2)nc1)NCc1ccccc1OCC1CC1.I. The summed E-state index contributed by atoms with van der Waals surface area (Å²) in [7, 11) is 1.78. The molecule has 0 amide bonds. The monoisotopic (exact) mass is 565 g/mol. The standard InChI is InChI=1S/C25H35N5O2.HI/c1-18-15-30(16-19(2)32-18)24-11-10-21(12-27-24)13-28-25(26-3)29-14-22-6-4-5-7-23(22)31-17-20-8-9-20;/h4-7,10-12,18-20H,8-9,13-17H2,1-3H3,(H2,26,28,29);1H. The Morgan fingerprint density at radius 1 is 1.09 bits per heavy atom. The lowest BCUT2D eigenvalue weighted by Gasteiger charge is -2.36. The number of aromatic nitrogens is 1. The topological polar surface area (TPSA) is 71.0 Å². The third-order valence-corrected chi connectivity index (χ3v) is 5.83. The summed E-state index contributed by atoms with van der Waals surface area (Å²) in [5.74, 6) is 3.44. The summed E-state index contributed by atoms with van der Waals surface area (Å²) < 4.78 is 11.8. The number of guanidine groups is 1. The van der Waals surface area contributed by atoms with Crippen LogP contribution in [0.1, 0.15) is 37.8 Å². The van der Waals surface area contributed by atoms with E-state index in [2.05, 4.69) is 57.6 Å². The molecule has 33 heavy (non-hydrogen) atoms. The van der Waals surface area contributed by atoms with Crippen LogP contribution in [0.2, 0.25) is 0 Å². The van der Waals surface area contributed by atoms with Crippen LogP contribution in [-0.4, -0.2) is 49.9 Å². The lowest BCUT2D eigenvalue weighted by Crippen LogP contribution is -2.45. The number of halogens is 1. The molecular formula is C25H36IN5O2. The molecule has 180 valence electrons. The Bertz CT molecular complexity index is 894. The number of ether oxygens (including phenoxy) is 2. The van der Waals surface area contributed by atoms with Crippen LogP contribution >= 0.6 is 24.0 Å². The summed E-state index contributed by atoms with van der Waals surface area (Å²) in [6.45, 7) is 8.09. The van der Waals surface area contributed by atoms with Gasteiger partial charge in [0.2, 0.25) is 0 Å². The molecule has 2 aliphatic rings. The maximum absolute atomic E-state index is 6.01. The fourth-order valence-corrected chi connectivity index (χ4v) is 3.94. The number of pyridine rings is 1. The van der Waals surface area contributed by atoms with Crippen molar-refractivity contribution in [1.29, 1.82) is 0 Å². The minimum Gasteiger partial charge on any atom is -0.493 e. The Morgan fingerprint density at radius 2 is 1.82 bits per heavy atom. The lowest BCUT2D eigenvalue weighted by atomic mass is 10.2. The second-order valence-electron chi connectivity index (χ2n) is 8.83. The summed E-state index contributed by atoms with van der Waals surface area (Å²) in [5, 5.41) is 6.76. The summed E-state index contributed by atoms with van der Waals surface area (Å²) in [6, 6.07) is 12.4. The summed E-state index contributed by atoms with van der Waals surface area (Å²) in [5.41, 5.74) is 2.25. The van der Waals surface area contributed by atoms with Gasteiger partial charge >= 0.3 is 0 Å². The molecule has 1 aliphatic carbocycles. The van der Waals surface area contributed by atoms with Crippen LogP contribution in [0.4, 0.5) is 5.82 Å². The smallest absolute Gasteiger partial charge is 0.191 e. The Balaban J connectivity index is 0.00000306. The summed E-state index contributed by atoms with van der Waals surface area (Å²) in [6.07, 6.45) is 4.96. The number of rotatable bonds is 8. The number of morpholine rings is 1. The molecule has 2 aromatic rings. The molecule has 4 rings (SSSR count). The number of hydrogen-bond donors (Lipinski definition) is 2. The van der Waals surface area contributed by atoms with Crippen molar-refractivity contribution in [2.75, 3.05) is 31.6 Å². The molecule has 0 bridgehead atoms. The van der Waals surface area contributed by atoms with Crippen LogP contribution in [0.5, 0.6) is 5.75 Å².